The van der Waals surface area contributed by atoms with Gasteiger partial charge in [-0.15, -0.1) is 0 Å². The number of benzene rings is 1. The Morgan fingerprint density at radius 2 is 1.82 bits per heavy atom. The van der Waals surface area contributed by atoms with Gasteiger partial charge in [-0.2, -0.15) is 0 Å². The van der Waals surface area contributed by atoms with Gasteiger partial charge in [0.15, 0.2) is 0 Å². The minimum Gasteiger partial charge on any atom is -0.466 e. The summed E-state index contributed by atoms with van der Waals surface area (Å²) in [5.41, 5.74) is -0.0438. The zero-order valence-corrected chi connectivity index (χ0v) is 13.7. The van der Waals surface area contributed by atoms with Crippen molar-refractivity contribution in [3.63, 3.8) is 0 Å². The van der Waals surface area contributed by atoms with E-state index in [1.54, 1.807) is 19.1 Å². The van der Waals surface area contributed by atoms with Crippen molar-refractivity contribution in [3.8, 4) is 0 Å². The predicted molar refractivity (Wildman–Crippen MR) is 82.5 cm³/mol. The third-order valence-corrected chi connectivity index (χ3v) is 4.24. The van der Waals surface area contributed by atoms with E-state index in [0.717, 1.165) is 0 Å². The maximum absolute atomic E-state index is 14.2. The Morgan fingerprint density at radius 3 is 2.32 bits per heavy atom. The summed E-state index contributed by atoms with van der Waals surface area (Å²) in [5.74, 6) is -0.898. The van der Waals surface area contributed by atoms with Gasteiger partial charge in [0, 0.05) is 0 Å². The summed E-state index contributed by atoms with van der Waals surface area (Å²) in [6, 6.07) is 4.66. The van der Waals surface area contributed by atoms with Crippen LogP contribution >= 0.6 is 0 Å². The van der Waals surface area contributed by atoms with Gasteiger partial charge in [-0.1, -0.05) is 12.1 Å². The second-order valence-electron chi connectivity index (χ2n) is 6.42. The second-order valence-corrected chi connectivity index (χ2v) is 6.42. The van der Waals surface area contributed by atoms with E-state index in [1.807, 2.05) is 27.7 Å². The van der Waals surface area contributed by atoms with Crippen molar-refractivity contribution >= 4 is 18.6 Å². The highest BCUT2D eigenvalue weighted by Crippen LogP contribution is 2.36. The molecule has 0 radical (unpaired) electrons. The van der Waals surface area contributed by atoms with Crippen LogP contribution in [0.3, 0.4) is 0 Å². The predicted octanol–water partition coefficient (Wildman–Crippen LogP) is 2.23. The van der Waals surface area contributed by atoms with E-state index >= 15 is 0 Å². The second kappa shape index (κ2) is 6.01. The van der Waals surface area contributed by atoms with Crippen LogP contribution in [0.2, 0.25) is 0 Å². The van der Waals surface area contributed by atoms with E-state index in [0.29, 0.717) is 11.0 Å². The lowest BCUT2D eigenvalue weighted by Gasteiger charge is -2.32. The molecule has 0 atom stereocenters. The Labute approximate surface area is 131 Å². The molecule has 0 saturated carbocycles. The van der Waals surface area contributed by atoms with Crippen LogP contribution in [0.4, 0.5) is 4.39 Å². The van der Waals surface area contributed by atoms with Crippen molar-refractivity contribution in [2.75, 3.05) is 6.61 Å². The summed E-state index contributed by atoms with van der Waals surface area (Å²) in [5, 5.41) is 0. The summed E-state index contributed by atoms with van der Waals surface area (Å²) in [4.78, 5) is 11.4. The molecule has 0 spiro atoms. The molecular weight excluding hydrogens is 286 g/mol. The molecule has 0 unspecified atom stereocenters. The fourth-order valence-electron chi connectivity index (χ4n) is 2.20. The Morgan fingerprint density at radius 1 is 1.23 bits per heavy atom. The van der Waals surface area contributed by atoms with Gasteiger partial charge in [-0.25, -0.2) is 4.39 Å². The van der Waals surface area contributed by atoms with Crippen LogP contribution < -0.4 is 5.46 Å². The Hall–Kier alpha value is -1.40. The van der Waals surface area contributed by atoms with Crippen molar-refractivity contribution in [2.24, 2.45) is 0 Å². The first kappa shape index (κ1) is 17.0. The third-order valence-electron chi connectivity index (χ3n) is 4.24. The van der Waals surface area contributed by atoms with E-state index in [9.17, 15) is 9.18 Å². The number of carbonyl (C=O) groups excluding carboxylic acids is 1. The first-order valence-corrected chi connectivity index (χ1v) is 7.46. The van der Waals surface area contributed by atoms with Crippen molar-refractivity contribution in [1.82, 2.24) is 0 Å². The van der Waals surface area contributed by atoms with Gasteiger partial charge in [0.25, 0.3) is 0 Å². The molecule has 1 fully saturated rings. The molecule has 0 aliphatic carbocycles. The lowest BCUT2D eigenvalue weighted by molar-refractivity contribution is -0.142. The molecule has 0 N–H and O–H groups in total. The highest BCUT2D eigenvalue weighted by molar-refractivity contribution is 6.62. The van der Waals surface area contributed by atoms with Crippen LogP contribution in [0.1, 0.15) is 40.2 Å². The summed E-state index contributed by atoms with van der Waals surface area (Å²) < 4.78 is 30.8. The highest BCUT2D eigenvalue weighted by atomic mass is 19.1. The number of ether oxygens (including phenoxy) is 1. The fourth-order valence-corrected chi connectivity index (χ4v) is 2.20. The molecule has 1 aromatic carbocycles. The normalized spacial score (nSPS) is 19.3. The van der Waals surface area contributed by atoms with Crippen LogP contribution in [-0.2, 0) is 25.3 Å². The largest absolute Gasteiger partial charge is 0.494 e. The molecule has 22 heavy (non-hydrogen) atoms. The lowest BCUT2D eigenvalue weighted by atomic mass is 9.78. The van der Waals surface area contributed by atoms with E-state index < -0.39 is 30.1 Å². The van der Waals surface area contributed by atoms with Gasteiger partial charge >= 0.3 is 13.1 Å². The van der Waals surface area contributed by atoms with Crippen molar-refractivity contribution < 1.29 is 23.2 Å². The molecule has 2 rings (SSSR count). The summed E-state index contributed by atoms with van der Waals surface area (Å²) >= 11 is 0. The van der Waals surface area contributed by atoms with E-state index in [1.165, 1.54) is 6.07 Å². The third kappa shape index (κ3) is 3.33. The molecule has 1 aliphatic rings. The molecule has 1 heterocycles. The molecule has 1 aliphatic heterocycles. The quantitative estimate of drug-likeness (QED) is 0.632. The number of carbonyl (C=O) groups is 1. The zero-order valence-electron chi connectivity index (χ0n) is 13.7. The summed E-state index contributed by atoms with van der Waals surface area (Å²) in [6.07, 6.45) is -0.0800. The number of rotatable bonds is 4. The summed E-state index contributed by atoms with van der Waals surface area (Å²) in [7, 11) is -0.615. The van der Waals surface area contributed by atoms with Gasteiger partial charge in [0.2, 0.25) is 0 Å². The average molecular weight is 308 g/mol. The Kier molecular flexibility index (Phi) is 4.63. The van der Waals surface area contributed by atoms with Gasteiger partial charge in [-0.05, 0) is 51.7 Å². The standard InChI is InChI=1S/C16H22BFO4/c1-6-20-14(19)9-11-7-8-12(10-13(11)18)17-21-15(2,3)16(4,5)22-17/h7-8,10H,6,9H2,1-5H3. The average Bonchev–Trinajstić information content (AvgIpc) is 2.61. The summed E-state index contributed by atoms with van der Waals surface area (Å²) in [6.45, 7) is 9.77. The van der Waals surface area contributed by atoms with Crippen LogP contribution in [0, 0.1) is 5.82 Å². The number of hydrogen-bond acceptors (Lipinski definition) is 4. The molecule has 0 aromatic heterocycles. The van der Waals surface area contributed by atoms with E-state index in [-0.39, 0.29) is 13.0 Å². The first-order valence-electron chi connectivity index (χ1n) is 7.46. The molecule has 0 bridgehead atoms. The molecule has 4 nitrogen and oxygen atoms in total. The van der Waals surface area contributed by atoms with Crippen molar-refractivity contribution in [2.45, 2.75) is 52.2 Å². The van der Waals surface area contributed by atoms with Crippen LogP contribution in [0.15, 0.2) is 18.2 Å². The highest BCUT2D eigenvalue weighted by Gasteiger charge is 2.51. The van der Waals surface area contributed by atoms with Crippen LogP contribution in [-0.4, -0.2) is 30.9 Å². The first-order chi connectivity index (χ1) is 10.2. The minimum absolute atomic E-state index is 0.0800. The SMILES string of the molecule is CCOC(=O)Cc1ccc(B2OC(C)(C)C(C)(C)O2)cc1F. The zero-order chi connectivity index (χ0) is 16.5. The monoisotopic (exact) mass is 308 g/mol. The number of hydrogen-bond donors (Lipinski definition) is 0. The fraction of sp³-hybridized carbons (Fsp3) is 0.562. The van der Waals surface area contributed by atoms with E-state index in [2.05, 4.69) is 0 Å². The molecule has 120 valence electrons. The molecule has 0 amide bonds. The van der Waals surface area contributed by atoms with Crippen LogP contribution in [0.25, 0.3) is 0 Å². The molecule has 1 saturated heterocycles. The maximum Gasteiger partial charge on any atom is 0.494 e. The Bertz CT molecular complexity index is 555. The lowest BCUT2D eigenvalue weighted by Crippen LogP contribution is -2.41. The minimum atomic E-state index is -0.615. The Balaban J connectivity index is 2.15. The smallest absolute Gasteiger partial charge is 0.466 e. The number of esters is 1. The molecule has 6 heteroatoms. The molecule has 1 aromatic rings. The topological polar surface area (TPSA) is 44.8 Å². The van der Waals surface area contributed by atoms with Crippen LogP contribution in [0.5, 0.6) is 0 Å². The van der Waals surface area contributed by atoms with Gasteiger partial charge in [0.1, 0.15) is 5.82 Å². The van der Waals surface area contributed by atoms with Gasteiger partial charge < -0.3 is 14.0 Å². The van der Waals surface area contributed by atoms with Crippen molar-refractivity contribution in [3.05, 3.63) is 29.6 Å². The number of halogens is 1. The maximum atomic E-state index is 14.2. The van der Waals surface area contributed by atoms with Crippen molar-refractivity contribution in [1.29, 1.82) is 0 Å². The van der Waals surface area contributed by atoms with Gasteiger partial charge in [0.05, 0.1) is 24.2 Å². The molecular formula is C16H22BFO4. The van der Waals surface area contributed by atoms with Gasteiger partial charge in [-0.3, -0.25) is 4.79 Å². The van der Waals surface area contributed by atoms with E-state index in [4.69, 9.17) is 14.0 Å².